The molecule has 2 aliphatic rings. The van der Waals surface area contributed by atoms with Crippen molar-refractivity contribution in [1.29, 1.82) is 0 Å². The van der Waals surface area contributed by atoms with Gasteiger partial charge in [0.1, 0.15) is 0 Å². The molecule has 2 fully saturated rings. The van der Waals surface area contributed by atoms with Crippen LogP contribution >= 0.6 is 0 Å². The van der Waals surface area contributed by atoms with E-state index in [1.54, 1.807) is 18.2 Å². The van der Waals surface area contributed by atoms with E-state index in [1.165, 1.54) is 6.07 Å². The molecule has 1 amide bonds. The Bertz CT molecular complexity index is 951. The molecule has 1 unspecified atom stereocenters. The van der Waals surface area contributed by atoms with Crippen LogP contribution in [0.15, 0.2) is 59.5 Å². The van der Waals surface area contributed by atoms with Crippen LogP contribution in [0, 0.1) is 5.92 Å². The third kappa shape index (κ3) is 4.45. The molecule has 4 rings (SSSR count). The lowest BCUT2D eigenvalue weighted by molar-refractivity contribution is 0.0654. The fourth-order valence-corrected chi connectivity index (χ4v) is 4.82. The molecule has 1 atom stereocenters. The van der Waals surface area contributed by atoms with E-state index in [2.05, 4.69) is 11.6 Å². The Morgan fingerprint density at radius 2 is 1.79 bits per heavy atom. The first-order chi connectivity index (χ1) is 13.4. The summed E-state index contributed by atoms with van der Waals surface area (Å²) in [6, 6.07) is 16.5. The summed E-state index contributed by atoms with van der Waals surface area (Å²) >= 11 is 0. The highest BCUT2D eigenvalue weighted by Crippen LogP contribution is 2.36. The summed E-state index contributed by atoms with van der Waals surface area (Å²) in [5.74, 6) is 0.405. The molecular weight excluding hydrogens is 372 g/mol. The lowest BCUT2D eigenvalue weighted by Gasteiger charge is -2.30. The average molecular weight is 399 g/mol. The zero-order valence-corrected chi connectivity index (χ0v) is 16.9. The molecule has 6 heteroatoms. The third-order valence-electron chi connectivity index (χ3n) is 5.54. The summed E-state index contributed by atoms with van der Waals surface area (Å²) < 4.78 is 27.7. The van der Waals surface area contributed by atoms with Crippen LogP contribution in [-0.2, 0) is 16.6 Å². The van der Waals surface area contributed by atoms with Crippen LogP contribution in [0.1, 0.15) is 48.5 Å². The number of rotatable bonds is 8. The van der Waals surface area contributed by atoms with Gasteiger partial charge in [-0.1, -0.05) is 36.4 Å². The third-order valence-corrected chi connectivity index (χ3v) is 7.06. The summed E-state index contributed by atoms with van der Waals surface area (Å²) in [4.78, 5) is 15.4. The monoisotopic (exact) mass is 398 g/mol. The maximum Gasteiger partial charge on any atom is 0.254 e. The number of amides is 1. The molecule has 0 aliphatic heterocycles. The summed E-state index contributed by atoms with van der Waals surface area (Å²) in [7, 11) is -3.58. The lowest BCUT2D eigenvalue weighted by atomic mass is 10.1. The van der Waals surface area contributed by atoms with Gasteiger partial charge in [0, 0.05) is 24.2 Å². The maximum absolute atomic E-state index is 13.3. The molecule has 28 heavy (non-hydrogen) atoms. The molecule has 0 bridgehead atoms. The van der Waals surface area contributed by atoms with Crippen molar-refractivity contribution < 1.29 is 13.2 Å². The number of carbonyl (C=O) groups excluding carboxylic acids is 1. The van der Waals surface area contributed by atoms with E-state index in [0.717, 1.165) is 31.2 Å². The molecule has 2 aromatic carbocycles. The molecular formula is C22H26N2O3S. The van der Waals surface area contributed by atoms with Gasteiger partial charge < -0.3 is 4.90 Å². The fourth-order valence-electron chi connectivity index (χ4n) is 3.46. The molecule has 0 aromatic heterocycles. The van der Waals surface area contributed by atoms with E-state index in [1.807, 2.05) is 35.2 Å². The number of nitrogens with zero attached hydrogens (tertiary/aromatic N) is 1. The van der Waals surface area contributed by atoms with Gasteiger partial charge in [0.15, 0.2) is 0 Å². The molecule has 2 aromatic rings. The first-order valence-electron chi connectivity index (χ1n) is 9.91. The Labute approximate surface area is 166 Å². The van der Waals surface area contributed by atoms with Gasteiger partial charge in [-0.15, -0.1) is 0 Å². The quantitative estimate of drug-likeness (QED) is 0.739. The van der Waals surface area contributed by atoms with Crippen LogP contribution in [0.3, 0.4) is 0 Å². The summed E-state index contributed by atoms with van der Waals surface area (Å²) in [5, 5.41) is 0. The summed E-state index contributed by atoms with van der Waals surface area (Å²) in [5.41, 5.74) is 1.49. The van der Waals surface area contributed by atoms with Crippen molar-refractivity contribution in [3.8, 4) is 0 Å². The Morgan fingerprint density at radius 1 is 1.07 bits per heavy atom. The molecule has 0 spiro atoms. The first-order valence-corrected chi connectivity index (χ1v) is 11.4. The van der Waals surface area contributed by atoms with Crippen LogP contribution in [-0.4, -0.2) is 31.3 Å². The van der Waals surface area contributed by atoms with Crippen LogP contribution < -0.4 is 4.72 Å². The van der Waals surface area contributed by atoms with E-state index in [0.29, 0.717) is 18.0 Å². The topological polar surface area (TPSA) is 66.5 Å². The van der Waals surface area contributed by atoms with Crippen molar-refractivity contribution in [2.24, 2.45) is 5.92 Å². The summed E-state index contributed by atoms with van der Waals surface area (Å²) in [6.45, 7) is 2.61. The molecule has 148 valence electrons. The maximum atomic E-state index is 13.3. The zero-order valence-electron chi connectivity index (χ0n) is 16.0. The number of hydrogen-bond acceptors (Lipinski definition) is 3. The molecule has 1 N–H and O–H groups in total. The lowest BCUT2D eigenvalue weighted by Crippen LogP contribution is -2.39. The fraction of sp³-hybridized carbons (Fsp3) is 0.409. The normalized spacial score (nSPS) is 17.9. The zero-order chi connectivity index (χ0) is 19.7. The smallest absolute Gasteiger partial charge is 0.254 e. The van der Waals surface area contributed by atoms with E-state index in [4.69, 9.17) is 0 Å². The largest absolute Gasteiger partial charge is 0.331 e. The van der Waals surface area contributed by atoms with Gasteiger partial charge in [0.2, 0.25) is 10.0 Å². The Balaban J connectivity index is 1.60. The highest BCUT2D eigenvalue weighted by molar-refractivity contribution is 7.89. The van der Waals surface area contributed by atoms with Crippen LogP contribution in [0.4, 0.5) is 0 Å². The van der Waals surface area contributed by atoms with Crippen LogP contribution in [0.2, 0.25) is 0 Å². The molecule has 0 radical (unpaired) electrons. The van der Waals surface area contributed by atoms with E-state index in [-0.39, 0.29) is 22.9 Å². The Morgan fingerprint density at radius 3 is 2.43 bits per heavy atom. The van der Waals surface area contributed by atoms with Gasteiger partial charge >= 0.3 is 0 Å². The number of carbonyl (C=O) groups is 1. The Hall–Kier alpha value is -2.18. The molecule has 2 saturated carbocycles. The SMILES string of the molecule is CC(C1CC1)N(Cc1ccccc1)C(=O)c1cccc(S(=O)(=O)NC2CC2)c1. The van der Waals surface area contributed by atoms with Crippen molar-refractivity contribution >= 4 is 15.9 Å². The van der Waals surface area contributed by atoms with Crippen molar-refractivity contribution in [3.05, 3.63) is 65.7 Å². The van der Waals surface area contributed by atoms with E-state index in [9.17, 15) is 13.2 Å². The van der Waals surface area contributed by atoms with Crippen molar-refractivity contribution in [3.63, 3.8) is 0 Å². The van der Waals surface area contributed by atoms with Crippen molar-refractivity contribution in [2.45, 2.75) is 56.1 Å². The molecule has 0 saturated heterocycles. The number of sulfonamides is 1. The van der Waals surface area contributed by atoms with Gasteiger partial charge in [0.25, 0.3) is 5.91 Å². The Kier molecular flexibility index (Phi) is 5.25. The molecule has 5 nitrogen and oxygen atoms in total. The summed E-state index contributed by atoms with van der Waals surface area (Å²) in [6.07, 6.45) is 4.03. The molecule has 0 heterocycles. The molecule has 2 aliphatic carbocycles. The highest BCUT2D eigenvalue weighted by Gasteiger charge is 2.35. The number of hydrogen-bond donors (Lipinski definition) is 1. The second-order valence-corrected chi connectivity index (χ2v) is 9.63. The van der Waals surface area contributed by atoms with Gasteiger partial charge in [-0.2, -0.15) is 0 Å². The van der Waals surface area contributed by atoms with Crippen molar-refractivity contribution in [1.82, 2.24) is 9.62 Å². The van der Waals surface area contributed by atoms with E-state index < -0.39 is 10.0 Å². The standard InChI is InChI=1S/C22H26N2O3S/c1-16(18-10-11-18)24(15-17-6-3-2-4-7-17)22(25)19-8-5-9-21(14-19)28(26,27)23-20-12-13-20/h2-9,14,16,18,20,23H,10-13,15H2,1H3. The minimum absolute atomic E-state index is 0.0359. The van der Waals surface area contributed by atoms with Gasteiger partial charge in [-0.05, 0) is 62.3 Å². The van der Waals surface area contributed by atoms with Crippen LogP contribution in [0.25, 0.3) is 0 Å². The van der Waals surface area contributed by atoms with Gasteiger partial charge in [-0.3, -0.25) is 4.79 Å². The first kappa shape index (κ1) is 19.2. The number of nitrogens with one attached hydrogen (secondary N) is 1. The minimum Gasteiger partial charge on any atom is -0.331 e. The van der Waals surface area contributed by atoms with E-state index >= 15 is 0 Å². The predicted molar refractivity (Wildman–Crippen MR) is 108 cm³/mol. The van der Waals surface area contributed by atoms with Gasteiger partial charge in [0.05, 0.1) is 4.90 Å². The predicted octanol–water partition coefficient (Wildman–Crippen LogP) is 3.57. The highest BCUT2D eigenvalue weighted by atomic mass is 32.2. The second kappa shape index (κ2) is 7.68. The second-order valence-electron chi connectivity index (χ2n) is 7.92. The number of benzene rings is 2. The van der Waals surface area contributed by atoms with Crippen LogP contribution in [0.5, 0.6) is 0 Å². The average Bonchev–Trinajstić information content (AvgIpc) is 3.60. The minimum atomic E-state index is -3.58. The van der Waals surface area contributed by atoms with Gasteiger partial charge in [-0.25, -0.2) is 13.1 Å². The van der Waals surface area contributed by atoms with Crippen molar-refractivity contribution in [2.75, 3.05) is 0 Å².